The second-order valence-electron chi connectivity index (χ2n) is 4.79. The van der Waals surface area contributed by atoms with E-state index in [4.69, 9.17) is 12.2 Å². The van der Waals surface area contributed by atoms with Gasteiger partial charge in [0, 0.05) is 22.4 Å². The minimum atomic E-state index is -0.585. The van der Waals surface area contributed by atoms with Gasteiger partial charge in [-0.05, 0) is 25.1 Å². The van der Waals surface area contributed by atoms with E-state index in [-0.39, 0.29) is 5.82 Å². The van der Waals surface area contributed by atoms with Gasteiger partial charge in [0.25, 0.3) is 0 Å². The SMILES string of the molecule is CC1(c2cc(Br)ccc2F)Cn2ccnc2C(=S)N1. The molecule has 0 saturated heterocycles. The Morgan fingerprint density at radius 2 is 2.32 bits per heavy atom. The smallest absolute Gasteiger partial charge is 0.167 e. The summed E-state index contributed by atoms with van der Waals surface area (Å²) in [5.74, 6) is 0.479. The fraction of sp³-hybridized carbons (Fsp3) is 0.231. The van der Waals surface area contributed by atoms with Crippen LogP contribution >= 0.6 is 28.1 Å². The highest BCUT2D eigenvalue weighted by molar-refractivity contribution is 9.10. The summed E-state index contributed by atoms with van der Waals surface area (Å²) in [7, 11) is 0. The summed E-state index contributed by atoms with van der Waals surface area (Å²) in [4.78, 5) is 4.73. The van der Waals surface area contributed by atoms with Gasteiger partial charge in [0.1, 0.15) is 10.8 Å². The molecule has 0 saturated carbocycles. The highest BCUT2D eigenvalue weighted by Gasteiger charge is 2.36. The second kappa shape index (κ2) is 4.38. The van der Waals surface area contributed by atoms with Crippen LogP contribution in [0.1, 0.15) is 18.3 Å². The van der Waals surface area contributed by atoms with E-state index in [2.05, 4.69) is 26.2 Å². The number of halogens is 2. The zero-order valence-corrected chi connectivity index (χ0v) is 12.6. The van der Waals surface area contributed by atoms with Gasteiger partial charge in [-0.3, -0.25) is 0 Å². The van der Waals surface area contributed by atoms with Crippen molar-refractivity contribution in [3.63, 3.8) is 0 Å². The minimum Gasteiger partial charge on any atom is -0.362 e. The van der Waals surface area contributed by atoms with Gasteiger partial charge in [-0.25, -0.2) is 9.37 Å². The van der Waals surface area contributed by atoms with Crippen LogP contribution in [0.5, 0.6) is 0 Å². The maximum atomic E-state index is 14.1. The van der Waals surface area contributed by atoms with Gasteiger partial charge in [-0.2, -0.15) is 0 Å². The zero-order valence-electron chi connectivity index (χ0n) is 10.2. The van der Waals surface area contributed by atoms with Gasteiger partial charge >= 0.3 is 0 Å². The van der Waals surface area contributed by atoms with Crippen LogP contribution in [0.3, 0.4) is 0 Å². The molecule has 19 heavy (non-hydrogen) atoms. The summed E-state index contributed by atoms with van der Waals surface area (Å²) in [5, 5.41) is 3.21. The maximum Gasteiger partial charge on any atom is 0.167 e. The highest BCUT2D eigenvalue weighted by Crippen LogP contribution is 2.31. The molecule has 1 unspecified atom stereocenters. The predicted octanol–water partition coefficient (Wildman–Crippen LogP) is 2.98. The van der Waals surface area contributed by atoms with Crippen LogP contribution in [0.25, 0.3) is 0 Å². The fourth-order valence-corrected chi connectivity index (χ4v) is 3.16. The van der Waals surface area contributed by atoms with Crippen LogP contribution in [0.2, 0.25) is 0 Å². The molecule has 3 nitrogen and oxygen atoms in total. The summed E-state index contributed by atoms with van der Waals surface area (Å²) in [5.41, 5.74) is 0.00197. The Labute approximate surface area is 124 Å². The van der Waals surface area contributed by atoms with Crippen LogP contribution in [0, 0.1) is 5.82 Å². The molecule has 6 heteroatoms. The Bertz CT molecular complexity index is 670. The molecule has 1 aliphatic rings. The molecular formula is C13H11BrFN3S. The number of fused-ring (bicyclic) bond motifs is 1. The molecule has 0 fully saturated rings. The van der Waals surface area contributed by atoms with Crippen LogP contribution in [0.4, 0.5) is 4.39 Å². The first-order valence-electron chi connectivity index (χ1n) is 5.79. The lowest BCUT2D eigenvalue weighted by atomic mass is 9.90. The van der Waals surface area contributed by atoms with Gasteiger partial charge in [-0.1, -0.05) is 28.1 Å². The monoisotopic (exact) mass is 339 g/mol. The quantitative estimate of drug-likeness (QED) is 0.810. The van der Waals surface area contributed by atoms with Crippen LogP contribution in [0.15, 0.2) is 35.1 Å². The standard InChI is InChI=1S/C13H11BrFN3S/c1-13(9-6-8(14)2-3-10(9)15)7-18-5-4-16-11(18)12(19)17-13/h2-6H,7H2,1H3,(H,17,19). The number of nitrogens with one attached hydrogen (secondary N) is 1. The largest absolute Gasteiger partial charge is 0.362 e. The molecular weight excluding hydrogens is 329 g/mol. The van der Waals surface area contributed by atoms with Crippen molar-refractivity contribution >= 4 is 33.1 Å². The lowest BCUT2D eigenvalue weighted by Crippen LogP contribution is -2.51. The Kier molecular flexibility index (Phi) is 2.94. The highest BCUT2D eigenvalue weighted by atomic mass is 79.9. The minimum absolute atomic E-state index is 0.246. The first-order chi connectivity index (χ1) is 8.99. The summed E-state index contributed by atoms with van der Waals surface area (Å²) in [6.45, 7) is 2.52. The second-order valence-corrected chi connectivity index (χ2v) is 6.11. The van der Waals surface area contributed by atoms with E-state index in [0.29, 0.717) is 17.1 Å². The molecule has 0 bridgehead atoms. The maximum absolute atomic E-state index is 14.1. The van der Waals surface area contributed by atoms with Crippen molar-refractivity contribution < 1.29 is 4.39 Å². The van der Waals surface area contributed by atoms with Crippen molar-refractivity contribution in [1.29, 1.82) is 0 Å². The fourth-order valence-electron chi connectivity index (χ4n) is 2.41. The third-order valence-electron chi connectivity index (χ3n) is 3.32. The third kappa shape index (κ3) is 2.08. The molecule has 0 aliphatic carbocycles. The molecule has 2 aromatic rings. The topological polar surface area (TPSA) is 29.9 Å². The Morgan fingerprint density at radius 1 is 1.53 bits per heavy atom. The van der Waals surface area contributed by atoms with Crippen molar-refractivity contribution in [2.75, 3.05) is 0 Å². The van der Waals surface area contributed by atoms with Gasteiger partial charge in [0.05, 0.1) is 12.1 Å². The number of imidazole rings is 1. The van der Waals surface area contributed by atoms with Gasteiger partial charge in [-0.15, -0.1) is 0 Å². The predicted molar refractivity (Wildman–Crippen MR) is 78.5 cm³/mol. The molecule has 1 N–H and O–H groups in total. The van der Waals surface area contributed by atoms with E-state index in [0.717, 1.165) is 10.3 Å². The van der Waals surface area contributed by atoms with Gasteiger partial charge in [0.2, 0.25) is 0 Å². The number of thiocarbonyl (C=S) groups is 1. The van der Waals surface area contributed by atoms with Crippen LogP contribution < -0.4 is 5.32 Å². The van der Waals surface area contributed by atoms with E-state index in [9.17, 15) is 4.39 Å². The lowest BCUT2D eigenvalue weighted by molar-refractivity contribution is 0.337. The molecule has 0 radical (unpaired) electrons. The summed E-state index contributed by atoms with van der Waals surface area (Å²) < 4.78 is 16.9. The summed E-state index contributed by atoms with van der Waals surface area (Å²) >= 11 is 8.69. The zero-order chi connectivity index (χ0) is 13.6. The van der Waals surface area contributed by atoms with Crippen LogP contribution in [-0.2, 0) is 12.1 Å². The van der Waals surface area contributed by atoms with Crippen molar-refractivity contribution in [3.8, 4) is 0 Å². The molecule has 0 amide bonds. The van der Waals surface area contributed by atoms with Gasteiger partial charge in [0.15, 0.2) is 5.82 Å². The number of benzene rings is 1. The molecule has 1 aromatic carbocycles. The summed E-state index contributed by atoms with van der Waals surface area (Å²) in [6.07, 6.45) is 3.56. The van der Waals surface area contributed by atoms with Gasteiger partial charge < -0.3 is 9.88 Å². The first kappa shape index (κ1) is 12.7. The van der Waals surface area contributed by atoms with Crippen molar-refractivity contribution in [3.05, 3.63) is 52.3 Å². The van der Waals surface area contributed by atoms with E-state index in [1.54, 1.807) is 18.3 Å². The molecule has 1 atom stereocenters. The van der Waals surface area contributed by atoms with E-state index in [1.165, 1.54) is 6.07 Å². The van der Waals surface area contributed by atoms with Crippen molar-refractivity contribution in [2.45, 2.75) is 19.0 Å². The average molecular weight is 340 g/mol. The Hall–Kier alpha value is -1.27. The third-order valence-corrected chi connectivity index (χ3v) is 4.10. The van der Waals surface area contributed by atoms with Crippen molar-refractivity contribution in [1.82, 2.24) is 14.9 Å². The Balaban J connectivity index is 2.10. The van der Waals surface area contributed by atoms with Crippen LogP contribution in [-0.4, -0.2) is 14.5 Å². The first-order valence-corrected chi connectivity index (χ1v) is 6.99. The average Bonchev–Trinajstić information content (AvgIpc) is 2.80. The molecule has 3 rings (SSSR count). The number of nitrogens with zero attached hydrogens (tertiary/aromatic N) is 2. The molecule has 2 heterocycles. The normalized spacial score (nSPS) is 21.9. The lowest BCUT2D eigenvalue weighted by Gasteiger charge is -2.37. The molecule has 0 spiro atoms. The number of hydrogen-bond donors (Lipinski definition) is 1. The van der Waals surface area contributed by atoms with E-state index >= 15 is 0 Å². The van der Waals surface area contributed by atoms with E-state index < -0.39 is 5.54 Å². The Morgan fingerprint density at radius 3 is 3.11 bits per heavy atom. The number of aromatic nitrogens is 2. The molecule has 1 aromatic heterocycles. The van der Waals surface area contributed by atoms with Crippen molar-refractivity contribution in [2.24, 2.45) is 0 Å². The molecule has 98 valence electrons. The summed E-state index contributed by atoms with van der Waals surface area (Å²) in [6, 6.07) is 4.93. The number of hydrogen-bond acceptors (Lipinski definition) is 2. The molecule has 1 aliphatic heterocycles. The van der Waals surface area contributed by atoms with E-state index in [1.807, 2.05) is 17.7 Å². The number of rotatable bonds is 1.